The quantitative estimate of drug-likeness (QED) is 0.340. The number of alkyl halides is 2. The zero-order valence-electron chi connectivity index (χ0n) is 18.6. The summed E-state index contributed by atoms with van der Waals surface area (Å²) in [7, 11) is 0. The van der Waals surface area contributed by atoms with Crippen molar-refractivity contribution in [3.05, 3.63) is 59.2 Å². The van der Waals surface area contributed by atoms with Crippen LogP contribution in [0.1, 0.15) is 58.9 Å². The van der Waals surface area contributed by atoms with Crippen LogP contribution < -0.4 is 9.47 Å². The molecule has 2 aromatic rings. The Hall–Kier alpha value is -3.00. The molecule has 1 heterocycles. The molecule has 0 radical (unpaired) electrons. The molecule has 0 aromatic heterocycles. The first-order valence-corrected chi connectivity index (χ1v) is 11.4. The first-order valence-electron chi connectivity index (χ1n) is 11.4. The van der Waals surface area contributed by atoms with Crippen LogP contribution in [0.15, 0.2) is 42.5 Å². The van der Waals surface area contributed by atoms with Crippen molar-refractivity contribution in [2.75, 3.05) is 19.7 Å². The van der Waals surface area contributed by atoms with Crippen LogP contribution in [0.25, 0.3) is 0 Å². The van der Waals surface area contributed by atoms with Crippen molar-refractivity contribution in [2.24, 2.45) is 0 Å². The summed E-state index contributed by atoms with van der Waals surface area (Å²) >= 11 is 0. The number of imide groups is 1. The highest BCUT2D eigenvalue weighted by atomic mass is 19.3. The Morgan fingerprint density at radius 2 is 1.73 bits per heavy atom. The molecule has 2 amide bonds. The molecule has 176 valence electrons. The van der Waals surface area contributed by atoms with Gasteiger partial charge in [-0.05, 0) is 69.0 Å². The Morgan fingerprint density at radius 3 is 2.33 bits per heavy atom. The first kappa shape index (κ1) is 23.2. The van der Waals surface area contributed by atoms with Crippen molar-refractivity contribution in [1.82, 2.24) is 9.80 Å². The molecule has 4 rings (SSSR count). The fourth-order valence-corrected chi connectivity index (χ4v) is 4.20. The Bertz CT molecular complexity index is 975. The lowest BCUT2D eigenvalue weighted by molar-refractivity contribution is -0.0514. The first-order chi connectivity index (χ1) is 16.0. The summed E-state index contributed by atoms with van der Waals surface area (Å²) in [5, 5.41) is 0. The number of halogens is 2. The molecule has 8 heteroatoms. The molecule has 1 saturated carbocycles. The van der Waals surface area contributed by atoms with Gasteiger partial charge in [-0.1, -0.05) is 18.2 Å². The fraction of sp³-hybridized carbons (Fsp3) is 0.440. The number of benzene rings is 2. The lowest BCUT2D eigenvalue weighted by Gasteiger charge is -2.23. The molecule has 0 N–H and O–H groups in total. The Morgan fingerprint density at radius 1 is 1.03 bits per heavy atom. The summed E-state index contributed by atoms with van der Waals surface area (Å²) in [5.41, 5.74) is 1.92. The molecule has 0 bridgehead atoms. The van der Waals surface area contributed by atoms with Crippen LogP contribution in [0.2, 0.25) is 0 Å². The number of amides is 2. The molecular weight excluding hydrogens is 430 g/mol. The number of fused-ring (bicyclic) bond motifs is 1. The van der Waals surface area contributed by atoms with E-state index < -0.39 is 6.61 Å². The van der Waals surface area contributed by atoms with Crippen molar-refractivity contribution in [1.29, 1.82) is 0 Å². The summed E-state index contributed by atoms with van der Waals surface area (Å²) < 4.78 is 35.3. The maximum atomic E-state index is 12.6. The lowest BCUT2D eigenvalue weighted by Crippen LogP contribution is -2.32. The minimum atomic E-state index is -2.90. The molecule has 1 aliphatic carbocycles. The summed E-state index contributed by atoms with van der Waals surface area (Å²) in [6.45, 7) is 1.15. The summed E-state index contributed by atoms with van der Waals surface area (Å²) in [6.07, 6.45) is 3.82. The van der Waals surface area contributed by atoms with Crippen molar-refractivity contribution in [3.8, 4) is 11.5 Å². The van der Waals surface area contributed by atoms with E-state index in [1.165, 1.54) is 11.0 Å². The van der Waals surface area contributed by atoms with Crippen LogP contribution in [0.3, 0.4) is 0 Å². The van der Waals surface area contributed by atoms with Gasteiger partial charge in [0.25, 0.3) is 11.8 Å². The van der Waals surface area contributed by atoms with E-state index in [9.17, 15) is 18.4 Å². The normalized spacial score (nSPS) is 15.5. The van der Waals surface area contributed by atoms with E-state index in [0.717, 1.165) is 37.8 Å². The van der Waals surface area contributed by atoms with E-state index in [4.69, 9.17) is 4.74 Å². The Balaban J connectivity index is 1.32. The molecule has 2 aromatic carbocycles. The molecule has 0 atom stereocenters. The minimum Gasteiger partial charge on any atom is -0.490 e. The highest BCUT2D eigenvalue weighted by Gasteiger charge is 2.34. The van der Waals surface area contributed by atoms with Gasteiger partial charge in [0, 0.05) is 19.1 Å². The number of ether oxygens (including phenoxy) is 2. The topological polar surface area (TPSA) is 59.1 Å². The third-order valence-corrected chi connectivity index (χ3v) is 5.93. The van der Waals surface area contributed by atoms with Crippen LogP contribution in [0.5, 0.6) is 11.5 Å². The van der Waals surface area contributed by atoms with Gasteiger partial charge in [-0.3, -0.25) is 19.4 Å². The maximum absolute atomic E-state index is 12.6. The van der Waals surface area contributed by atoms with Crippen molar-refractivity contribution < 1.29 is 27.8 Å². The molecule has 6 nitrogen and oxygen atoms in total. The largest absolute Gasteiger partial charge is 0.490 e. The SMILES string of the molecule is CCOc1cc(CN(CCCCN2C(=O)c3ccccc3C2=O)C2CC2)ccc1OC(F)F. The van der Waals surface area contributed by atoms with Crippen LogP contribution in [-0.2, 0) is 6.54 Å². The van der Waals surface area contributed by atoms with Gasteiger partial charge < -0.3 is 9.47 Å². The third kappa shape index (κ3) is 5.50. The predicted molar refractivity (Wildman–Crippen MR) is 119 cm³/mol. The van der Waals surface area contributed by atoms with Gasteiger partial charge >= 0.3 is 6.61 Å². The number of hydrogen-bond acceptors (Lipinski definition) is 5. The van der Waals surface area contributed by atoms with Gasteiger partial charge in [0.05, 0.1) is 17.7 Å². The van der Waals surface area contributed by atoms with Crippen LogP contribution in [0.4, 0.5) is 8.78 Å². The maximum Gasteiger partial charge on any atom is 0.387 e. The van der Waals surface area contributed by atoms with E-state index in [1.807, 2.05) is 0 Å². The highest BCUT2D eigenvalue weighted by Crippen LogP contribution is 2.33. The van der Waals surface area contributed by atoms with Crippen LogP contribution in [0, 0.1) is 0 Å². The van der Waals surface area contributed by atoms with Crippen molar-refractivity contribution >= 4 is 11.8 Å². The van der Waals surface area contributed by atoms with E-state index in [0.29, 0.717) is 42.6 Å². The number of unbranched alkanes of at least 4 members (excludes halogenated alkanes) is 1. The van der Waals surface area contributed by atoms with E-state index in [1.54, 1.807) is 43.3 Å². The second-order valence-electron chi connectivity index (χ2n) is 8.31. The van der Waals surface area contributed by atoms with Crippen LogP contribution in [-0.4, -0.2) is 54.0 Å². The second-order valence-corrected chi connectivity index (χ2v) is 8.31. The zero-order chi connectivity index (χ0) is 23.4. The summed E-state index contributed by atoms with van der Waals surface area (Å²) in [4.78, 5) is 28.7. The molecular formula is C25H28F2N2O4. The fourth-order valence-electron chi connectivity index (χ4n) is 4.20. The predicted octanol–water partition coefficient (Wildman–Crippen LogP) is 4.73. The van der Waals surface area contributed by atoms with Gasteiger partial charge in [-0.25, -0.2) is 0 Å². The van der Waals surface area contributed by atoms with Crippen molar-refractivity contribution in [3.63, 3.8) is 0 Å². The van der Waals surface area contributed by atoms with Gasteiger partial charge in [-0.15, -0.1) is 0 Å². The number of hydrogen-bond donors (Lipinski definition) is 0. The number of carbonyl (C=O) groups excluding carboxylic acids is 2. The standard InChI is InChI=1S/C25H28F2N2O4/c1-2-32-22-15-17(9-12-21(22)33-25(26)27)16-28(18-10-11-18)13-5-6-14-29-23(30)19-7-3-4-8-20(19)24(29)31/h3-4,7-9,12,15,18,25H,2,5-6,10-11,13-14,16H2,1H3. The lowest BCUT2D eigenvalue weighted by atomic mass is 10.1. The van der Waals surface area contributed by atoms with E-state index in [2.05, 4.69) is 9.64 Å². The summed E-state index contributed by atoms with van der Waals surface area (Å²) in [5.74, 6) is -0.0837. The third-order valence-electron chi connectivity index (χ3n) is 5.93. The molecule has 1 aliphatic heterocycles. The van der Waals surface area contributed by atoms with Gasteiger partial charge in [-0.2, -0.15) is 8.78 Å². The molecule has 0 saturated heterocycles. The number of rotatable bonds is 12. The van der Waals surface area contributed by atoms with Gasteiger partial charge in [0.1, 0.15) is 0 Å². The Kier molecular flexibility index (Phi) is 7.23. The summed E-state index contributed by atoms with van der Waals surface area (Å²) in [6, 6.07) is 12.5. The molecule has 0 spiro atoms. The molecule has 0 unspecified atom stereocenters. The monoisotopic (exact) mass is 458 g/mol. The molecule has 1 fully saturated rings. The average molecular weight is 459 g/mol. The average Bonchev–Trinajstić information content (AvgIpc) is 3.61. The van der Waals surface area contributed by atoms with Crippen molar-refractivity contribution in [2.45, 2.75) is 51.8 Å². The second kappa shape index (κ2) is 10.3. The minimum absolute atomic E-state index is 0.0366. The zero-order valence-corrected chi connectivity index (χ0v) is 18.6. The smallest absolute Gasteiger partial charge is 0.387 e. The van der Waals surface area contributed by atoms with E-state index >= 15 is 0 Å². The Labute approximate surface area is 192 Å². The van der Waals surface area contributed by atoms with Gasteiger partial charge in [0.15, 0.2) is 11.5 Å². The number of nitrogens with zero attached hydrogens (tertiary/aromatic N) is 2. The van der Waals surface area contributed by atoms with Gasteiger partial charge in [0.2, 0.25) is 0 Å². The molecule has 33 heavy (non-hydrogen) atoms. The molecule has 2 aliphatic rings. The van der Waals surface area contributed by atoms with E-state index in [-0.39, 0.29) is 17.6 Å². The highest BCUT2D eigenvalue weighted by molar-refractivity contribution is 6.21. The van der Waals surface area contributed by atoms with Crippen LogP contribution >= 0.6 is 0 Å². The number of carbonyl (C=O) groups is 2.